The average molecular weight is 342 g/mol. The molecule has 0 amide bonds. The number of pyridine rings is 1. The van der Waals surface area contributed by atoms with Crippen LogP contribution in [0, 0.1) is 6.92 Å². The Labute approximate surface area is 143 Å². The molecule has 2 bridgehead atoms. The first kappa shape index (κ1) is 14.0. The van der Waals surface area contributed by atoms with Crippen LogP contribution in [0.15, 0.2) is 30.7 Å². The van der Waals surface area contributed by atoms with Gasteiger partial charge >= 0.3 is 0 Å². The van der Waals surface area contributed by atoms with Crippen LogP contribution >= 0.6 is 11.6 Å². The first-order valence-electron chi connectivity index (χ1n) is 8.02. The molecular weight excluding hydrogens is 326 g/mol. The molecule has 0 N–H and O–H groups in total. The molecule has 5 rings (SSSR count). The van der Waals surface area contributed by atoms with Crippen LogP contribution in [-0.4, -0.2) is 49.7 Å². The van der Waals surface area contributed by atoms with Gasteiger partial charge in [-0.3, -0.25) is 4.40 Å². The van der Waals surface area contributed by atoms with E-state index in [-0.39, 0.29) is 0 Å². The van der Waals surface area contributed by atoms with Gasteiger partial charge in [0.2, 0.25) is 5.65 Å². The maximum absolute atomic E-state index is 6.32. The summed E-state index contributed by atoms with van der Waals surface area (Å²) in [6, 6.07) is 4.55. The highest BCUT2D eigenvalue weighted by Crippen LogP contribution is 2.38. The molecule has 0 aromatic carbocycles. The molecule has 24 heavy (non-hydrogen) atoms. The number of aryl methyl sites for hydroxylation is 1. The van der Waals surface area contributed by atoms with Crippen LogP contribution in [0.1, 0.15) is 12.2 Å². The summed E-state index contributed by atoms with van der Waals surface area (Å²) in [5, 5.41) is 9.18. The maximum atomic E-state index is 6.32. The minimum Gasteiger partial charge on any atom is -0.348 e. The highest BCUT2D eigenvalue weighted by atomic mass is 35.5. The first-order valence-corrected chi connectivity index (χ1v) is 8.40. The largest absolute Gasteiger partial charge is 0.348 e. The Balaban J connectivity index is 1.47. The topological polar surface area (TPSA) is 62.5 Å². The number of aromatic nitrogens is 5. The highest BCUT2D eigenvalue weighted by molar-refractivity contribution is 6.32. The summed E-state index contributed by atoms with van der Waals surface area (Å²) in [4.78, 5) is 13.7. The van der Waals surface area contributed by atoms with E-state index in [9.17, 15) is 0 Å². The van der Waals surface area contributed by atoms with Crippen LogP contribution in [0.3, 0.4) is 0 Å². The number of hydrogen-bond acceptors (Lipinski definition) is 6. The second-order valence-corrected chi connectivity index (χ2v) is 6.76. The fourth-order valence-electron chi connectivity index (χ4n) is 3.91. The van der Waals surface area contributed by atoms with Crippen LogP contribution in [0.2, 0.25) is 5.02 Å². The van der Waals surface area contributed by atoms with Gasteiger partial charge in [-0.15, -0.1) is 10.2 Å². The second kappa shape index (κ2) is 5.04. The van der Waals surface area contributed by atoms with Crippen molar-refractivity contribution >= 4 is 28.9 Å². The molecule has 2 aliphatic heterocycles. The lowest BCUT2D eigenvalue weighted by Gasteiger charge is -2.35. The van der Waals surface area contributed by atoms with Crippen molar-refractivity contribution in [2.75, 3.05) is 22.9 Å². The highest BCUT2D eigenvalue weighted by Gasteiger charge is 2.45. The normalized spacial score (nSPS) is 22.8. The number of hydrogen-bond donors (Lipinski definition) is 0. The molecule has 2 aliphatic rings. The molecule has 0 radical (unpaired) electrons. The standard InChI is InChI=1S/C16H16ClN7/c1-10-20-21-16-15(19-5-6-22(10)16)24-9-11-7-12(24)8-23(11)14-13(17)3-2-4-18-14/h2-6,11-12H,7-9H2,1H3. The molecule has 2 saturated heterocycles. The predicted molar refractivity (Wildman–Crippen MR) is 91.7 cm³/mol. The molecule has 8 heteroatoms. The molecule has 122 valence electrons. The van der Waals surface area contributed by atoms with E-state index < -0.39 is 0 Å². The van der Waals surface area contributed by atoms with Crippen molar-refractivity contribution in [3.63, 3.8) is 0 Å². The molecule has 0 aliphatic carbocycles. The van der Waals surface area contributed by atoms with Gasteiger partial charge in [-0.25, -0.2) is 9.97 Å². The van der Waals surface area contributed by atoms with Crippen LogP contribution < -0.4 is 9.80 Å². The Morgan fingerprint density at radius 3 is 2.54 bits per heavy atom. The van der Waals surface area contributed by atoms with E-state index in [2.05, 4.69) is 30.0 Å². The van der Waals surface area contributed by atoms with Gasteiger partial charge in [0.1, 0.15) is 11.6 Å². The third-order valence-electron chi connectivity index (χ3n) is 5.00. The third kappa shape index (κ3) is 1.91. The fraction of sp³-hybridized carbons (Fsp3) is 0.375. The molecule has 2 unspecified atom stereocenters. The predicted octanol–water partition coefficient (Wildman–Crippen LogP) is 1.95. The maximum Gasteiger partial charge on any atom is 0.203 e. The lowest BCUT2D eigenvalue weighted by Crippen LogP contribution is -2.47. The Kier molecular flexibility index (Phi) is 2.94. The summed E-state index contributed by atoms with van der Waals surface area (Å²) in [6.07, 6.45) is 6.61. The Hall–Kier alpha value is -2.41. The zero-order chi connectivity index (χ0) is 16.3. The van der Waals surface area contributed by atoms with Crippen molar-refractivity contribution in [2.45, 2.75) is 25.4 Å². The van der Waals surface area contributed by atoms with Crippen molar-refractivity contribution in [3.8, 4) is 0 Å². The number of fused-ring (bicyclic) bond motifs is 3. The first-order chi connectivity index (χ1) is 11.7. The van der Waals surface area contributed by atoms with E-state index in [0.717, 1.165) is 42.6 Å². The van der Waals surface area contributed by atoms with Gasteiger partial charge in [0.05, 0.1) is 17.1 Å². The summed E-state index contributed by atoms with van der Waals surface area (Å²) in [6.45, 7) is 3.75. The smallest absolute Gasteiger partial charge is 0.203 e. The minimum absolute atomic E-state index is 0.392. The molecule has 2 fully saturated rings. The van der Waals surface area contributed by atoms with Gasteiger partial charge in [-0.1, -0.05) is 11.6 Å². The van der Waals surface area contributed by atoms with Crippen LogP contribution in [0.5, 0.6) is 0 Å². The summed E-state index contributed by atoms with van der Waals surface area (Å²) in [7, 11) is 0. The second-order valence-electron chi connectivity index (χ2n) is 6.35. The molecule has 3 aromatic rings. The van der Waals surface area contributed by atoms with Gasteiger partial charge in [-0.05, 0) is 25.5 Å². The molecule has 5 heterocycles. The van der Waals surface area contributed by atoms with E-state index in [1.807, 2.05) is 35.9 Å². The Morgan fingerprint density at radius 2 is 1.79 bits per heavy atom. The third-order valence-corrected chi connectivity index (χ3v) is 5.30. The van der Waals surface area contributed by atoms with Crippen molar-refractivity contribution in [1.29, 1.82) is 0 Å². The molecule has 0 spiro atoms. The van der Waals surface area contributed by atoms with Crippen LogP contribution in [-0.2, 0) is 0 Å². The van der Waals surface area contributed by atoms with E-state index in [0.29, 0.717) is 17.1 Å². The summed E-state index contributed by atoms with van der Waals surface area (Å²) in [5.74, 6) is 2.67. The number of halogens is 1. The fourth-order valence-corrected chi connectivity index (χ4v) is 4.14. The molecule has 2 atom stereocenters. The summed E-state index contributed by atoms with van der Waals surface area (Å²) < 4.78 is 1.99. The summed E-state index contributed by atoms with van der Waals surface area (Å²) in [5.41, 5.74) is 0.824. The number of piperazine rings is 1. The van der Waals surface area contributed by atoms with Crippen LogP contribution in [0.4, 0.5) is 11.6 Å². The van der Waals surface area contributed by atoms with Gasteiger partial charge in [0.25, 0.3) is 0 Å². The SMILES string of the molecule is Cc1nnc2c(N3CC4CC3CN4c3ncccc3Cl)nccn12. The van der Waals surface area contributed by atoms with Crippen molar-refractivity contribution < 1.29 is 0 Å². The number of nitrogens with zero attached hydrogens (tertiary/aromatic N) is 7. The minimum atomic E-state index is 0.392. The zero-order valence-corrected chi connectivity index (χ0v) is 13.9. The Morgan fingerprint density at radius 1 is 1.04 bits per heavy atom. The lowest BCUT2D eigenvalue weighted by atomic mass is 10.2. The van der Waals surface area contributed by atoms with Crippen LogP contribution in [0.25, 0.3) is 5.65 Å². The zero-order valence-electron chi connectivity index (χ0n) is 13.2. The van der Waals surface area contributed by atoms with E-state index >= 15 is 0 Å². The quantitative estimate of drug-likeness (QED) is 0.710. The summed E-state index contributed by atoms with van der Waals surface area (Å²) >= 11 is 6.32. The molecule has 3 aromatic heterocycles. The van der Waals surface area contributed by atoms with Gasteiger partial charge < -0.3 is 9.80 Å². The van der Waals surface area contributed by atoms with E-state index in [1.54, 1.807) is 6.20 Å². The van der Waals surface area contributed by atoms with Crippen molar-refractivity contribution in [3.05, 3.63) is 41.6 Å². The monoisotopic (exact) mass is 341 g/mol. The van der Waals surface area contributed by atoms with E-state index in [1.165, 1.54) is 0 Å². The Bertz CT molecular complexity index is 924. The average Bonchev–Trinajstić information content (AvgIpc) is 3.29. The molecule has 7 nitrogen and oxygen atoms in total. The van der Waals surface area contributed by atoms with Gasteiger partial charge in [-0.2, -0.15) is 0 Å². The number of anilines is 2. The van der Waals surface area contributed by atoms with Crippen molar-refractivity contribution in [2.24, 2.45) is 0 Å². The van der Waals surface area contributed by atoms with Crippen molar-refractivity contribution in [1.82, 2.24) is 24.6 Å². The van der Waals surface area contributed by atoms with E-state index in [4.69, 9.17) is 11.6 Å². The van der Waals surface area contributed by atoms with Gasteiger partial charge in [0.15, 0.2) is 5.82 Å². The molecule has 0 saturated carbocycles. The van der Waals surface area contributed by atoms with Gasteiger partial charge in [0, 0.05) is 31.7 Å². The number of rotatable bonds is 2. The molecular formula is C16H16ClN7. The lowest BCUT2D eigenvalue weighted by molar-refractivity contribution is 0.635.